The van der Waals surface area contributed by atoms with Gasteiger partial charge in [0.15, 0.2) is 0 Å². The molecule has 0 aromatic carbocycles. The van der Waals surface area contributed by atoms with Crippen LogP contribution in [0, 0.1) is 5.92 Å². The lowest BCUT2D eigenvalue weighted by Crippen LogP contribution is -2.58. The fraction of sp³-hybridized carbons (Fsp3) is 0.619. The molecular weight excluding hydrogens is 460 g/mol. The van der Waals surface area contributed by atoms with E-state index < -0.39 is 60.2 Å². The van der Waals surface area contributed by atoms with Crippen LogP contribution < -0.4 is 33.2 Å². The molecule has 11 N–H and O–H groups in total. The summed E-state index contributed by atoms with van der Waals surface area (Å²) >= 11 is 0. The highest BCUT2D eigenvalue weighted by Crippen LogP contribution is 2.07. The van der Waals surface area contributed by atoms with E-state index in [2.05, 4.69) is 25.9 Å². The van der Waals surface area contributed by atoms with Crippen LogP contribution in [-0.4, -0.2) is 75.4 Å². The smallest absolute Gasteiger partial charge is 0.326 e. The molecule has 14 nitrogen and oxygen atoms in total. The predicted octanol–water partition coefficient (Wildman–Crippen LogP) is -2.52. The van der Waals surface area contributed by atoms with Crippen LogP contribution in [0.2, 0.25) is 0 Å². The molecule has 0 fully saturated rings. The molecule has 196 valence electrons. The van der Waals surface area contributed by atoms with E-state index in [1.54, 1.807) is 13.8 Å². The number of carbonyl (C=O) groups excluding carboxylic acids is 4. The van der Waals surface area contributed by atoms with Crippen LogP contribution in [0.15, 0.2) is 12.5 Å². The van der Waals surface area contributed by atoms with Gasteiger partial charge in [0.2, 0.25) is 23.6 Å². The lowest BCUT2D eigenvalue weighted by Gasteiger charge is -2.25. The number of nitrogens with two attached hydrogens (primary N) is 3. The number of carbonyl (C=O) groups is 5. The third-order valence-electron chi connectivity index (χ3n) is 5.23. The quantitative estimate of drug-likeness (QED) is 0.112. The molecule has 1 rings (SSSR count). The van der Waals surface area contributed by atoms with Gasteiger partial charge in [-0.2, -0.15) is 0 Å². The first-order valence-electron chi connectivity index (χ1n) is 11.3. The van der Waals surface area contributed by atoms with E-state index in [0.29, 0.717) is 25.1 Å². The van der Waals surface area contributed by atoms with E-state index in [1.807, 2.05) is 0 Å². The van der Waals surface area contributed by atoms with Crippen LogP contribution >= 0.6 is 0 Å². The molecule has 1 heterocycles. The van der Waals surface area contributed by atoms with Gasteiger partial charge in [-0.05, 0) is 31.7 Å². The number of nitrogens with one attached hydrogen (secondary N) is 4. The lowest BCUT2D eigenvalue weighted by atomic mass is 10.0. The van der Waals surface area contributed by atoms with E-state index in [9.17, 15) is 29.1 Å². The Morgan fingerprint density at radius 3 is 2.11 bits per heavy atom. The summed E-state index contributed by atoms with van der Waals surface area (Å²) in [6.45, 7) is 3.93. The summed E-state index contributed by atoms with van der Waals surface area (Å²) in [5.74, 6) is -4.58. The van der Waals surface area contributed by atoms with Crippen LogP contribution in [0.5, 0.6) is 0 Å². The average Bonchev–Trinajstić information content (AvgIpc) is 3.29. The van der Waals surface area contributed by atoms with Gasteiger partial charge in [0.1, 0.15) is 18.1 Å². The number of nitrogens with zero attached hydrogens (tertiary/aromatic N) is 1. The zero-order chi connectivity index (χ0) is 26.5. The van der Waals surface area contributed by atoms with Crippen molar-refractivity contribution < 1.29 is 29.1 Å². The van der Waals surface area contributed by atoms with E-state index in [4.69, 9.17) is 17.2 Å². The van der Waals surface area contributed by atoms with Crippen molar-refractivity contribution in [2.24, 2.45) is 23.1 Å². The number of primary amides is 1. The van der Waals surface area contributed by atoms with Gasteiger partial charge in [-0.25, -0.2) is 9.78 Å². The Balaban J connectivity index is 3.07. The standard InChI is InChI=1S/C21H36N8O6/c1-11(2)17(24)20(33)27-13(5-3-4-6-22)18(31)28-14(7-12-9-25-10-26-12)19(32)29-15(21(34)35)8-16(23)30/h9-11,13-15,17H,3-8,22,24H2,1-2H3,(H2,23,30)(H,25,26)(H,27,33)(H,28,31)(H,29,32)(H,34,35). The molecule has 4 amide bonds. The number of aromatic amines is 1. The van der Waals surface area contributed by atoms with Gasteiger partial charge in [0.25, 0.3) is 0 Å². The molecule has 0 aliphatic carbocycles. The van der Waals surface area contributed by atoms with Gasteiger partial charge in [-0.1, -0.05) is 13.8 Å². The second-order valence-corrected chi connectivity index (χ2v) is 8.53. The molecule has 35 heavy (non-hydrogen) atoms. The molecule has 14 heteroatoms. The van der Waals surface area contributed by atoms with Crippen LogP contribution in [-0.2, 0) is 30.4 Å². The molecule has 4 unspecified atom stereocenters. The van der Waals surface area contributed by atoms with Gasteiger partial charge in [0.05, 0.1) is 18.8 Å². The van der Waals surface area contributed by atoms with E-state index in [-0.39, 0.29) is 18.8 Å². The monoisotopic (exact) mass is 496 g/mol. The molecule has 1 aromatic heterocycles. The third-order valence-corrected chi connectivity index (χ3v) is 5.23. The third kappa shape index (κ3) is 10.5. The second kappa shape index (κ2) is 14.7. The average molecular weight is 497 g/mol. The van der Waals surface area contributed by atoms with Gasteiger partial charge in [-0.15, -0.1) is 0 Å². The molecule has 4 atom stereocenters. The van der Waals surface area contributed by atoms with Crippen LogP contribution in [0.1, 0.15) is 45.2 Å². The van der Waals surface area contributed by atoms with Crippen LogP contribution in [0.4, 0.5) is 0 Å². The first-order chi connectivity index (χ1) is 16.5. The molecule has 0 aliphatic heterocycles. The zero-order valence-corrected chi connectivity index (χ0v) is 20.0. The SMILES string of the molecule is CC(C)C(N)C(=O)NC(CCCCN)C(=O)NC(Cc1cnc[nH]1)C(=O)NC(CC(N)=O)C(=O)O. The number of rotatable bonds is 16. The number of amides is 4. The van der Waals surface area contributed by atoms with Gasteiger partial charge in [0, 0.05) is 18.3 Å². The molecule has 0 bridgehead atoms. The molecule has 0 saturated heterocycles. The van der Waals surface area contributed by atoms with Gasteiger partial charge in [-0.3, -0.25) is 19.2 Å². The van der Waals surface area contributed by atoms with Gasteiger partial charge >= 0.3 is 5.97 Å². The Morgan fingerprint density at radius 1 is 1.00 bits per heavy atom. The number of hydrogen-bond donors (Lipinski definition) is 8. The molecule has 0 spiro atoms. The lowest BCUT2D eigenvalue weighted by molar-refractivity contribution is -0.143. The van der Waals surface area contributed by atoms with Crippen molar-refractivity contribution in [2.45, 2.75) is 70.1 Å². The van der Waals surface area contributed by atoms with E-state index in [1.165, 1.54) is 12.5 Å². The predicted molar refractivity (Wildman–Crippen MR) is 125 cm³/mol. The van der Waals surface area contributed by atoms with Crippen molar-refractivity contribution in [1.82, 2.24) is 25.9 Å². The second-order valence-electron chi connectivity index (χ2n) is 8.53. The zero-order valence-electron chi connectivity index (χ0n) is 20.0. The van der Waals surface area contributed by atoms with E-state index >= 15 is 0 Å². The number of aliphatic carboxylic acids is 1. The normalized spacial score (nSPS) is 14.4. The number of carboxylic acids is 1. The summed E-state index contributed by atoms with van der Waals surface area (Å²) in [6.07, 6.45) is 3.52. The highest BCUT2D eigenvalue weighted by Gasteiger charge is 2.31. The van der Waals surface area contributed by atoms with Gasteiger partial charge < -0.3 is 43.2 Å². The molecule has 0 saturated carbocycles. The fourth-order valence-electron chi connectivity index (χ4n) is 3.10. The van der Waals surface area contributed by atoms with E-state index in [0.717, 1.165) is 0 Å². The highest BCUT2D eigenvalue weighted by atomic mass is 16.4. The largest absolute Gasteiger partial charge is 0.480 e. The number of unbranched alkanes of at least 4 members (excludes halogenated alkanes) is 1. The summed E-state index contributed by atoms with van der Waals surface area (Å²) in [5, 5.41) is 16.7. The van der Waals surface area contributed by atoms with Crippen molar-refractivity contribution >= 4 is 29.6 Å². The Bertz CT molecular complexity index is 860. The maximum absolute atomic E-state index is 13.1. The first kappa shape index (κ1) is 29.5. The molecule has 0 radical (unpaired) electrons. The summed E-state index contributed by atoms with van der Waals surface area (Å²) in [6, 6.07) is -4.67. The number of H-pyrrole nitrogens is 1. The minimum atomic E-state index is -1.58. The topological polar surface area (TPSA) is 248 Å². The molecule has 1 aromatic rings. The summed E-state index contributed by atoms with van der Waals surface area (Å²) in [5.41, 5.74) is 17.0. The molecular formula is C21H36N8O6. The number of aromatic nitrogens is 2. The maximum Gasteiger partial charge on any atom is 0.326 e. The summed E-state index contributed by atoms with van der Waals surface area (Å²) in [4.78, 5) is 67.8. The summed E-state index contributed by atoms with van der Waals surface area (Å²) in [7, 11) is 0. The molecule has 0 aliphatic rings. The minimum Gasteiger partial charge on any atom is -0.480 e. The van der Waals surface area contributed by atoms with Crippen molar-refractivity contribution in [3.63, 3.8) is 0 Å². The fourth-order valence-corrected chi connectivity index (χ4v) is 3.10. The van der Waals surface area contributed by atoms with Crippen molar-refractivity contribution in [3.05, 3.63) is 18.2 Å². The Kier molecular flexibility index (Phi) is 12.4. The summed E-state index contributed by atoms with van der Waals surface area (Å²) < 4.78 is 0. The number of imidazole rings is 1. The number of carboxylic acid groups (broad SMARTS) is 1. The Labute approximate surface area is 203 Å². The van der Waals surface area contributed by atoms with Crippen LogP contribution in [0.3, 0.4) is 0 Å². The van der Waals surface area contributed by atoms with Crippen molar-refractivity contribution in [3.8, 4) is 0 Å². The highest BCUT2D eigenvalue weighted by molar-refractivity contribution is 5.95. The number of hydrogen-bond acceptors (Lipinski definition) is 8. The van der Waals surface area contributed by atoms with Crippen LogP contribution in [0.25, 0.3) is 0 Å². The Hall–Kier alpha value is -3.52. The maximum atomic E-state index is 13.1. The van der Waals surface area contributed by atoms with Crippen molar-refractivity contribution in [2.75, 3.05) is 6.54 Å². The first-order valence-corrected chi connectivity index (χ1v) is 11.3. The Morgan fingerprint density at radius 2 is 1.60 bits per heavy atom. The van der Waals surface area contributed by atoms with Crippen molar-refractivity contribution in [1.29, 1.82) is 0 Å². The minimum absolute atomic E-state index is 0.0601.